The number of carbonyl (C=O) groups is 1. The Morgan fingerprint density at radius 3 is 2.36 bits per heavy atom. The molecule has 7 nitrogen and oxygen atoms in total. The second-order valence-corrected chi connectivity index (χ2v) is 10.3. The third-order valence-electron chi connectivity index (χ3n) is 6.13. The molecule has 1 heterocycles. The number of halogens is 3. The molecule has 0 saturated carbocycles. The van der Waals surface area contributed by atoms with Crippen LogP contribution in [0.5, 0.6) is 5.75 Å². The first-order chi connectivity index (χ1) is 15.5. The Morgan fingerprint density at radius 1 is 1.09 bits per heavy atom. The first-order valence-electron chi connectivity index (χ1n) is 10.4. The molecule has 33 heavy (non-hydrogen) atoms. The number of sulfonamides is 1. The van der Waals surface area contributed by atoms with E-state index in [1.165, 1.54) is 28.6 Å². The quantitative estimate of drug-likeness (QED) is 0.700. The Hall–Kier alpha value is -2.79. The zero-order valence-corrected chi connectivity index (χ0v) is 18.5. The average molecular weight is 484 g/mol. The van der Waals surface area contributed by atoms with Crippen LogP contribution in [0.4, 0.5) is 18.9 Å². The normalized spacial score (nSPS) is 23.9. The summed E-state index contributed by atoms with van der Waals surface area (Å²) in [6.07, 6.45) is -4.61. The Bertz CT molecular complexity index is 1140. The van der Waals surface area contributed by atoms with E-state index in [1.54, 1.807) is 31.2 Å². The fourth-order valence-corrected chi connectivity index (χ4v) is 7.08. The molecule has 2 aromatic carbocycles. The predicted octanol–water partition coefficient (Wildman–Crippen LogP) is 3.42. The van der Waals surface area contributed by atoms with Gasteiger partial charge in [-0.2, -0.15) is 4.31 Å². The van der Waals surface area contributed by atoms with Gasteiger partial charge in [0.15, 0.2) is 0 Å². The summed E-state index contributed by atoms with van der Waals surface area (Å²) in [6, 6.07) is 11.8. The number of hydrogen-bond acceptors (Lipinski definition) is 5. The molecule has 2 aromatic rings. The van der Waals surface area contributed by atoms with Crippen LogP contribution < -0.4 is 9.64 Å². The second-order valence-electron chi connectivity index (χ2n) is 8.26. The van der Waals surface area contributed by atoms with Gasteiger partial charge in [0.1, 0.15) is 11.0 Å². The highest BCUT2D eigenvalue weighted by Gasteiger charge is 2.49. The number of piperazine rings is 1. The molecule has 1 aliphatic heterocycles. The van der Waals surface area contributed by atoms with Gasteiger partial charge in [0.05, 0.1) is 5.92 Å². The number of aliphatic carboxylic acids is 1. The Kier molecular flexibility index (Phi) is 6.04. The van der Waals surface area contributed by atoms with Crippen LogP contribution in [0.2, 0.25) is 0 Å². The number of alkyl halides is 3. The van der Waals surface area contributed by atoms with E-state index in [2.05, 4.69) is 4.74 Å². The van der Waals surface area contributed by atoms with Crippen molar-refractivity contribution in [1.29, 1.82) is 0 Å². The highest BCUT2D eigenvalue weighted by atomic mass is 32.2. The highest BCUT2D eigenvalue weighted by Crippen LogP contribution is 2.44. The molecule has 0 bridgehead atoms. The summed E-state index contributed by atoms with van der Waals surface area (Å²) < 4.78 is 69.6. The van der Waals surface area contributed by atoms with Gasteiger partial charge in [0.25, 0.3) is 0 Å². The van der Waals surface area contributed by atoms with Gasteiger partial charge >= 0.3 is 12.3 Å². The number of ether oxygens (including phenoxy) is 1. The number of anilines is 1. The third-order valence-corrected chi connectivity index (χ3v) is 8.55. The van der Waals surface area contributed by atoms with Gasteiger partial charge in [-0.05, 0) is 48.7 Å². The molecule has 0 spiro atoms. The van der Waals surface area contributed by atoms with Crippen LogP contribution in [0.3, 0.4) is 0 Å². The van der Waals surface area contributed by atoms with Gasteiger partial charge < -0.3 is 14.7 Å². The molecule has 0 amide bonds. The summed E-state index contributed by atoms with van der Waals surface area (Å²) >= 11 is 0. The molecule has 1 N–H and O–H groups in total. The third kappa shape index (κ3) is 4.65. The van der Waals surface area contributed by atoms with Crippen molar-refractivity contribution in [2.45, 2.75) is 31.0 Å². The molecule has 0 aromatic heterocycles. The molecule has 3 atom stereocenters. The summed E-state index contributed by atoms with van der Waals surface area (Å²) in [5.74, 6) is -2.54. The van der Waals surface area contributed by atoms with Crippen LogP contribution in [-0.4, -0.2) is 55.8 Å². The van der Waals surface area contributed by atoms with Crippen molar-refractivity contribution >= 4 is 21.7 Å². The van der Waals surface area contributed by atoms with Crippen molar-refractivity contribution < 1.29 is 36.2 Å². The summed E-state index contributed by atoms with van der Waals surface area (Å²) in [7, 11) is -3.97. The average Bonchev–Trinajstić information content (AvgIpc) is 3.14. The first-order valence-corrected chi connectivity index (χ1v) is 11.9. The number of carboxylic acid groups (broad SMARTS) is 1. The lowest BCUT2D eigenvalue weighted by molar-refractivity contribution is -0.274. The topological polar surface area (TPSA) is 87.2 Å². The molecule has 0 radical (unpaired) electrons. The number of nitrogens with zero attached hydrogens (tertiary/aromatic N) is 2. The maximum absolute atomic E-state index is 13.6. The second kappa shape index (κ2) is 8.53. The highest BCUT2D eigenvalue weighted by molar-refractivity contribution is 7.89. The minimum Gasteiger partial charge on any atom is -0.481 e. The summed E-state index contributed by atoms with van der Waals surface area (Å²) in [6.45, 7) is 2.50. The fraction of sp³-hybridized carbons (Fsp3) is 0.409. The van der Waals surface area contributed by atoms with Gasteiger partial charge in [-0.25, -0.2) is 8.42 Å². The minimum atomic E-state index is -4.78. The molecular formula is C22H23F3N2O5S. The molecule has 11 heteroatoms. The van der Waals surface area contributed by atoms with Crippen LogP contribution in [0.1, 0.15) is 23.3 Å². The maximum Gasteiger partial charge on any atom is 0.573 e. The predicted molar refractivity (Wildman–Crippen MR) is 114 cm³/mol. The Morgan fingerprint density at radius 2 is 1.76 bits per heavy atom. The van der Waals surface area contributed by atoms with Gasteiger partial charge in [0.2, 0.25) is 10.0 Å². The summed E-state index contributed by atoms with van der Waals surface area (Å²) in [5.41, 5.74) is 1.90. The summed E-state index contributed by atoms with van der Waals surface area (Å²) in [4.78, 5) is 13.8. The first kappa shape index (κ1) is 23.4. The molecule has 1 fully saturated rings. The van der Waals surface area contributed by atoms with E-state index in [0.717, 1.165) is 5.56 Å². The fourth-order valence-electron chi connectivity index (χ4n) is 4.70. The van der Waals surface area contributed by atoms with E-state index in [1.807, 2.05) is 4.90 Å². The van der Waals surface area contributed by atoms with Crippen molar-refractivity contribution in [2.75, 3.05) is 24.5 Å². The van der Waals surface area contributed by atoms with Gasteiger partial charge in [0, 0.05) is 31.4 Å². The van der Waals surface area contributed by atoms with E-state index < -0.39 is 39.6 Å². The smallest absolute Gasteiger partial charge is 0.481 e. The SMILES string of the molecule is CC1CN(c2ccc(OC(F)(F)F)cc2)CCN1S(=O)(=O)C1c2ccccc2C[C@H]1C(=O)O. The van der Waals surface area contributed by atoms with Gasteiger partial charge in [-0.1, -0.05) is 24.3 Å². The van der Waals surface area contributed by atoms with Crippen LogP contribution in [-0.2, 0) is 21.2 Å². The molecule has 1 aliphatic carbocycles. The number of fused-ring (bicyclic) bond motifs is 1. The molecule has 4 rings (SSSR count). The van der Waals surface area contributed by atoms with E-state index in [0.29, 0.717) is 24.3 Å². The van der Waals surface area contributed by atoms with E-state index in [4.69, 9.17) is 0 Å². The lowest BCUT2D eigenvalue weighted by Gasteiger charge is -2.41. The minimum absolute atomic E-state index is 0.134. The van der Waals surface area contributed by atoms with Crippen LogP contribution in [0.15, 0.2) is 48.5 Å². The van der Waals surface area contributed by atoms with Crippen LogP contribution >= 0.6 is 0 Å². The molecule has 2 aliphatic rings. The van der Waals surface area contributed by atoms with Crippen LogP contribution in [0, 0.1) is 5.92 Å². The zero-order valence-electron chi connectivity index (χ0n) is 17.7. The van der Waals surface area contributed by atoms with E-state index >= 15 is 0 Å². The van der Waals surface area contributed by atoms with Crippen molar-refractivity contribution in [3.8, 4) is 5.75 Å². The lowest BCUT2D eigenvalue weighted by Crippen LogP contribution is -2.55. The molecule has 178 valence electrons. The number of hydrogen-bond donors (Lipinski definition) is 1. The van der Waals surface area contributed by atoms with E-state index in [9.17, 15) is 31.5 Å². The van der Waals surface area contributed by atoms with Crippen molar-refractivity contribution in [3.05, 3.63) is 59.7 Å². The number of benzene rings is 2. The monoisotopic (exact) mass is 484 g/mol. The summed E-state index contributed by atoms with van der Waals surface area (Å²) in [5, 5.41) is 8.54. The van der Waals surface area contributed by atoms with Crippen molar-refractivity contribution in [2.24, 2.45) is 5.92 Å². The number of carboxylic acids is 1. The van der Waals surface area contributed by atoms with Crippen LogP contribution in [0.25, 0.3) is 0 Å². The largest absolute Gasteiger partial charge is 0.573 e. The van der Waals surface area contributed by atoms with Gasteiger partial charge in [-0.15, -0.1) is 13.2 Å². The van der Waals surface area contributed by atoms with Gasteiger partial charge in [-0.3, -0.25) is 4.79 Å². The maximum atomic E-state index is 13.6. The lowest BCUT2D eigenvalue weighted by atomic mass is 10.1. The molecule has 2 unspecified atom stereocenters. The molecule has 1 saturated heterocycles. The molecular weight excluding hydrogens is 461 g/mol. The Balaban J connectivity index is 1.52. The number of rotatable bonds is 5. The van der Waals surface area contributed by atoms with Crippen molar-refractivity contribution in [3.63, 3.8) is 0 Å². The standard InChI is InChI=1S/C22H23F3N2O5S/c1-14-13-26(16-6-8-17(9-7-16)32-22(23,24)25)10-11-27(14)33(30,31)20-18-5-3-2-4-15(18)12-19(20)21(28)29/h2-9,14,19-20H,10-13H2,1H3,(H,28,29)/t14?,19-,20?/m1/s1. The Labute approximate surface area is 189 Å². The zero-order chi connectivity index (χ0) is 24.0. The van der Waals surface area contributed by atoms with E-state index in [-0.39, 0.29) is 18.7 Å². The van der Waals surface area contributed by atoms with Crippen molar-refractivity contribution in [1.82, 2.24) is 4.31 Å².